The van der Waals surface area contributed by atoms with Gasteiger partial charge in [-0.15, -0.1) is 11.3 Å². The molecule has 1 atom stereocenters. The number of aryl methyl sites for hydroxylation is 2. The van der Waals surface area contributed by atoms with Crippen LogP contribution >= 0.6 is 11.3 Å². The van der Waals surface area contributed by atoms with Gasteiger partial charge in [0.1, 0.15) is 6.04 Å². The molecule has 2 rings (SSSR count). The maximum absolute atomic E-state index is 12.5. The second kappa shape index (κ2) is 7.42. The molecule has 1 aromatic heterocycles. The van der Waals surface area contributed by atoms with E-state index in [0.29, 0.717) is 4.80 Å². The Labute approximate surface area is 145 Å². The van der Waals surface area contributed by atoms with Gasteiger partial charge in [-0.25, -0.2) is 8.42 Å². The van der Waals surface area contributed by atoms with Crippen LogP contribution in [0, 0.1) is 12.8 Å². The van der Waals surface area contributed by atoms with Crippen LogP contribution in [0.3, 0.4) is 0 Å². The number of aromatic nitrogens is 1. The smallest absolute Gasteiger partial charge is 0.266 e. The number of thiazole rings is 1. The molecule has 0 aliphatic heterocycles. The summed E-state index contributed by atoms with van der Waals surface area (Å²) in [5.74, 6) is -0.731. The summed E-state index contributed by atoms with van der Waals surface area (Å²) in [6, 6.07) is 5.57. The molecule has 0 radical (unpaired) electrons. The van der Waals surface area contributed by atoms with E-state index < -0.39 is 22.0 Å². The van der Waals surface area contributed by atoms with E-state index >= 15 is 0 Å². The normalized spacial score (nSPS) is 14.1. The highest BCUT2D eigenvalue weighted by molar-refractivity contribution is 7.89. The van der Waals surface area contributed by atoms with Crippen LogP contribution < -0.4 is 9.52 Å². The number of nitrogens with zero attached hydrogens (tertiary/aromatic N) is 2. The first kappa shape index (κ1) is 18.6. The van der Waals surface area contributed by atoms with E-state index in [-0.39, 0.29) is 10.8 Å². The minimum absolute atomic E-state index is 0.133. The lowest BCUT2D eigenvalue weighted by atomic mass is 10.1. The quantitative estimate of drug-likeness (QED) is 0.875. The molecule has 0 bridgehead atoms. The standard InChI is InChI=1S/C16H21N3O3S2/c1-11(2)14(15(20)17-16-19(4)9-10-23-16)18-24(21,22)13-7-5-12(3)6-8-13/h5-11,14,18H,1-4H3/t14-/m0/s1. The van der Waals surface area contributed by atoms with Gasteiger partial charge in [0.25, 0.3) is 5.91 Å². The van der Waals surface area contributed by atoms with E-state index in [0.717, 1.165) is 5.56 Å². The van der Waals surface area contributed by atoms with Gasteiger partial charge in [-0.3, -0.25) is 4.79 Å². The third kappa shape index (κ3) is 4.40. The fraction of sp³-hybridized carbons (Fsp3) is 0.375. The molecule has 8 heteroatoms. The van der Waals surface area contributed by atoms with Crippen LogP contribution in [0.15, 0.2) is 45.7 Å². The summed E-state index contributed by atoms with van der Waals surface area (Å²) in [5.41, 5.74) is 0.964. The van der Waals surface area contributed by atoms with E-state index in [1.54, 1.807) is 43.8 Å². The summed E-state index contributed by atoms with van der Waals surface area (Å²) < 4.78 is 29.3. The molecule has 1 heterocycles. The van der Waals surface area contributed by atoms with Gasteiger partial charge in [-0.2, -0.15) is 9.71 Å². The highest BCUT2D eigenvalue weighted by Gasteiger charge is 2.28. The fourth-order valence-corrected chi connectivity index (χ4v) is 4.10. The van der Waals surface area contributed by atoms with Crippen molar-refractivity contribution in [3.05, 3.63) is 46.2 Å². The highest BCUT2D eigenvalue weighted by Crippen LogP contribution is 2.13. The number of rotatable bonds is 5. The Hall–Kier alpha value is -1.77. The van der Waals surface area contributed by atoms with Gasteiger partial charge >= 0.3 is 0 Å². The Morgan fingerprint density at radius 3 is 2.38 bits per heavy atom. The van der Waals surface area contributed by atoms with Crippen LogP contribution in [0.1, 0.15) is 19.4 Å². The van der Waals surface area contributed by atoms with E-state index in [2.05, 4.69) is 9.71 Å². The summed E-state index contributed by atoms with van der Waals surface area (Å²) in [7, 11) is -2.01. The van der Waals surface area contributed by atoms with Gasteiger partial charge in [0.15, 0.2) is 4.80 Å². The lowest BCUT2D eigenvalue weighted by Crippen LogP contribution is -2.44. The van der Waals surface area contributed by atoms with Crippen LogP contribution in [-0.4, -0.2) is 24.9 Å². The third-order valence-electron chi connectivity index (χ3n) is 3.51. The topological polar surface area (TPSA) is 80.5 Å². The number of nitrogens with one attached hydrogen (secondary N) is 1. The molecule has 0 unspecified atom stereocenters. The Morgan fingerprint density at radius 1 is 1.25 bits per heavy atom. The van der Waals surface area contributed by atoms with Gasteiger partial charge in [0.05, 0.1) is 4.90 Å². The zero-order valence-corrected chi connectivity index (χ0v) is 15.7. The van der Waals surface area contributed by atoms with Gasteiger partial charge in [-0.05, 0) is 25.0 Å². The van der Waals surface area contributed by atoms with Gasteiger partial charge < -0.3 is 4.57 Å². The van der Waals surface area contributed by atoms with Crippen molar-refractivity contribution in [3.63, 3.8) is 0 Å². The number of hydrogen-bond acceptors (Lipinski definition) is 4. The Kier molecular flexibility index (Phi) is 5.74. The minimum atomic E-state index is -3.79. The molecule has 0 aliphatic carbocycles. The third-order valence-corrected chi connectivity index (χ3v) is 5.82. The second-order valence-corrected chi connectivity index (χ2v) is 8.49. The predicted octanol–water partition coefficient (Wildman–Crippen LogP) is 1.83. The summed E-state index contributed by atoms with van der Waals surface area (Å²) in [4.78, 5) is 17.2. The van der Waals surface area contributed by atoms with Crippen molar-refractivity contribution in [2.24, 2.45) is 18.0 Å². The molecule has 1 N–H and O–H groups in total. The van der Waals surface area contributed by atoms with E-state index in [1.165, 1.54) is 23.5 Å². The molecule has 0 aliphatic rings. The zero-order valence-electron chi connectivity index (χ0n) is 14.1. The zero-order chi connectivity index (χ0) is 17.9. The summed E-state index contributed by atoms with van der Waals surface area (Å²) in [6.07, 6.45) is 1.79. The molecule has 0 fully saturated rings. The second-order valence-electron chi connectivity index (χ2n) is 5.90. The molecule has 24 heavy (non-hydrogen) atoms. The SMILES string of the molecule is Cc1ccc(S(=O)(=O)N[C@H](C(=O)N=c2sccn2C)C(C)C)cc1. The molecule has 6 nitrogen and oxygen atoms in total. The lowest BCUT2D eigenvalue weighted by molar-refractivity contribution is -0.120. The number of carbonyl (C=O) groups is 1. The minimum Gasteiger partial charge on any atom is -0.327 e. The largest absolute Gasteiger partial charge is 0.327 e. The molecule has 1 amide bonds. The van der Waals surface area contributed by atoms with Crippen molar-refractivity contribution < 1.29 is 13.2 Å². The van der Waals surface area contributed by atoms with Crippen LogP contribution in [0.2, 0.25) is 0 Å². The molecule has 0 saturated carbocycles. The number of hydrogen-bond donors (Lipinski definition) is 1. The van der Waals surface area contributed by atoms with Crippen LogP contribution in [0.25, 0.3) is 0 Å². The maximum Gasteiger partial charge on any atom is 0.266 e. The maximum atomic E-state index is 12.5. The van der Waals surface area contributed by atoms with Crippen LogP contribution in [-0.2, 0) is 21.9 Å². The first-order valence-corrected chi connectivity index (χ1v) is 9.84. The van der Waals surface area contributed by atoms with Crippen molar-refractivity contribution in [1.29, 1.82) is 0 Å². The van der Waals surface area contributed by atoms with Gasteiger partial charge in [0.2, 0.25) is 10.0 Å². The first-order valence-electron chi connectivity index (χ1n) is 7.48. The number of carbonyl (C=O) groups excluding carboxylic acids is 1. The molecule has 130 valence electrons. The van der Waals surface area contributed by atoms with Crippen LogP contribution in [0.5, 0.6) is 0 Å². The summed E-state index contributed by atoms with van der Waals surface area (Å²) in [5, 5.41) is 1.81. The number of sulfonamides is 1. The molecule has 0 saturated heterocycles. The summed E-state index contributed by atoms with van der Waals surface area (Å²) >= 11 is 1.32. The Morgan fingerprint density at radius 2 is 1.88 bits per heavy atom. The Bertz CT molecular complexity index is 878. The monoisotopic (exact) mass is 367 g/mol. The van der Waals surface area contributed by atoms with Crippen molar-refractivity contribution in [2.75, 3.05) is 0 Å². The van der Waals surface area contributed by atoms with Crippen molar-refractivity contribution in [2.45, 2.75) is 31.7 Å². The van der Waals surface area contributed by atoms with E-state index in [9.17, 15) is 13.2 Å². The molecule has 0 spiro atoms. The number of benzene rings is 1. The molecule has 1 aromatic carbocycles. The molecular weight excluding hydrogens is 346 g/mol. The summed E-state index contributed by atoms with van der Waals surface area (Å²) in [6.45, 7) is 5.44. The average Bonchev–Trinajstić information content (AvgIpc) is 2.90. The van der Waals surface area contributed by atoms with Crippen LogP contribution in [0.4, 0.5) is 0 Å². The van der Waals surface area contributed by atoms with Gasteiger partial charge in [0, 0.05) is 18.6 Å². The highest BCUT2D eigenvalue weighted by atomic mass is 32.2. The molecule has 2 aromatic rings. The first-order chi connectivity index (χ1) is 11.2. The predicted molar refractivity (Wildman–Crippen MR) is 94.0 cm³/mol. The van der Waals surface area contributed by atoms with E-state index in [4.69, 9.17) is 0 Å². The molecular formula is C16H21N3O3S2. The van der Waals surface area contributed by atoms with Gasteiger partial charge in [-0.1, -0.05) is 31.5 Å². The average molecular weight is 367 g/mol. The lowest BCUT2D eigenvalue weighted by Gasteiger charge is -2.19. The Balaban J connectivity index is 2.30. The van der Waals surface area contributed by atoms with Crippen molar-refractivity contribution >= 4 is 27.3 Å². The number of amides is 1. The van der Waals surface area contributed by atoms with E-state index in [1.807, 2.05) is 12.3 Å². The van der Waals surface area contributed by atoms with Crippen molar-refractivity contribution in [1.82, 2.24) is 9.29 Å². The van der Waals surface area contributed by atoms with Crippen molar-refractivity contribution in [3.8, 4) is 0 Å². The fourth-order valence-electron chi connectivity index (χ4n) is 2.02.